The number of aryl methyl sites for hydroxylation is 1. The van der Waals surface area contributed by atoms with E-state index in [-0.39, 0.29) is 0 Å². The Bertz CT molecular complexity index is 336. The Balaban J connectivity index is 2.20. The largest absolute Gasteiger partial charge is 0.382 e. The predicted molar refractivity (Wildman–Crippen MR) is 58.9 cm³/mol. The molecule has 15 heavy (non-hydrogen) atoms. The summed E-state index contributed by atoms with van der Waals surface area (Å²) in [4.78, 5) is 2.18. The van der Waals surface area contributed by atoms with Crippen molar-refractivity contribution in [2.24, 2.45) is 0 Å². The Morgan fingerprint density at radius 1 is 1.40 bits per heavy atom. The van der Waals surface area contributed by atoms with E-state index in [1.54, 1.807) is 0 Å². The Morgan fingerprint density at radius 2 is 2.13 bits per heavy atom. The number of ether oxygens (including phenoxy) is 1. The average Bonchev–Trinajstić information content (AvgIpc) is 2.31. The highest BCUT2D eigenvalue weighted by molar-refractivity contribution is 5.48. The minimum Gasteiger partial charge on any atom is -0.382 e. The Hall–Kier alpha value is -1.36. The van der Waals surface area contributed by atoms with Gasteiger partial charge in [0.1, 0.15) is 5.82 Å². The topological polar surface area (TPSA) is 64.3 Å². The number of anilines is 2. The summed E-state index contributed by atoms with van der Waals surface area (Å²) in [6, 6.07) is 2.02. The van der Waals surface area contributed by atoms with Crippen LogP contribution in [0.25, 0.3) is 0 Å². The van der Waals surface area contributed by atoms with Gasteiger partial charge in [0.15, 0.2) is 5.82 Å². The van der Waals surface area contributed by atoms with E-state index in [2.05, 4.69) is 22.0 Å². The molecule has 2 N–H and O–H groups in total. The van der Waals surface area contributed by atoms with Crippen LogP contribution >= 0.6 is 0 Å². The third-order valence-electron chi connectivity index (χ3n) is 2.61. The smallest absolute Gasteiger partial charge is 0.151 e. The molecule has 0 radical (unpaired) electrons. The van der Waals surface area contributed by atoms with Crippen LogP contribution in [0.1, 0.15) is 12.5 Å². The van der Waals surface area contributed by atoms with E-state index in [1.807, 2.05) is 6.07 Å². The van der Waals surface area contributed by atoms with E-state index in [0.29, 0.717) is 5.82 Å². The molecule has 1 aromatic heterocycles. The lowest BCUT2D eigenvalue weighted by Crippen LogP contribution is -2.37. The molecule has 0 spiro atoms. The fourth-order valence-corrected chi connectivity index (χ4v) is 1.66. The molecule has 0 aliphatic carbocycles. The Morgan fingerprint density at radius 3 is 2.80 bits per heavy atom. The SMILES string of the molecule is CCc1cc(N2CCOCC2)nnc1N. The van der Waals surface area contributed by atoms with Gasteiger partial charge in [0.05, 0.1) is 13.2 Å². The minimum absolute atomic E-state index is 0.537. The molecular formula is C10H16N4O. The summed E-state index contributed by atoms with van der Waals surface area (Å²) in [7, 11) is 0. The highest BCUT2D eigenvalue weighted by Gasteiger charge is 2.13. The molecule has 0 aromatic carbocycles. The van der Waals surface area contributed by atoms with E-state index in [4.69, 9.17) is 10.5 Å². The van der Waals surface area contributed by atoms with Crippen LogP contribution in [0, 0.1) is 0 Å². The number of hydrogen-bond donors (Lipinski definition) is 1. The van der Waals surface area contributed by atoms with Gasteiger partial charge >= 0.3 is 0 Å². The summed E-state index contributed by atoms with van der Waals surface area (Å²) in [5.41, 5.74) is 6.77. The van der Waals surface area contributed by atoms with Crippen LogP contribution in [0.5, 0.6) is 0 Å². The summed E-state index contributed by atoms with van der Waals surface area (Å²) in [5.74, 6) is 1.44. The maximum absolute atomic E-state index is 5.71. The lowest BCUT2D eigenvalue weighted by Gasteiger charge is -2.27. The lowest BCUT2D eigenvalue weighted by molar-refractivity contribution is 0.122. The number of nitrogens with zero attached hydrogens (tertiary/aromatic N) is 3. The van der Waals surface area contributed by atoms with Gasteiger partial charge < -0.3 is 15.4 Å². The van der Waals surface area contributed by atoms with Gasteiger partial charge in [-0.3, -0.25) is 0 Å². The molecule has 0 bridgehead atoms. The van der Waals surface area contributed by atoms with E-state index >= 15 is 0 Å². The standard InChI is InChI=1S/C10H16N4O/c1-2-8-7-9(12-13-10(8)11)14-3-5-15-6-4-14/h7H,2-6H2,1H3,(H2,11,13). The second-order valence-corrected chi connectivity index (χ2v) is 3.57. The monoisotopic (exact) mass is 208 g/mol. The van der Waals surface area contributed by atoms with E-state index < -0.39 is 0 Å². The fraction of sp³-hybridized carbons (Fsp3) is 0.600. The highest BCUT2D eigenvalue weighted by atomic mass is 16.5. The number of hydrogen-bond acceptors (Lipinski definition) is 5. The first kappa shape index (κ1) is 10.2. The molecule has 82 valence electrons. The zero-order valence-electron chi connectivity index (χ0n) is 8.94. The first-order chi connectivity index (χ1) is 7.31. The summed E-state index contributed by atoms with van der Waals surface area (Å²) >= 11 is 0. The van der Waals surface area contributed by atoms with Crippen molar-refractivity contribution in [3.8, 4) is 0 Å². The number of nitrogens with two attached hydrogens (primary N) is 1. The van der Waals surface area contributed by atoms with Gasteiger partial charge in [0, 0.05) is 13.1 Å². The van der Waals surface area contributed by atoms with Crippen molar-refractivity contribution in [1.29, 1.82) is 0 Å². The molecule has 2 rings (SSSR count). The molecule has 1 aromatic rings. The number of nitrogen functional groups attached to an aromatic ring is 1. The van der Waals surface area contributed by atoms with Crippen LogP contribution in [-0.4, -0.2) is 36.5 Å². The van der Waals surface area contributed by atoms with Crippen molar-refractivity contribution < 1.29 is 4.74 Å². The lowest BCUT2D eigenvalue weighted by atomic mass is 10.2. The van der Waals surface area contributed by atoms with Gasteiger partial charge in [-0.2, -0.15) is 0 Å². The first-order valence-electron chi connectivity index (χ1n) is 5.26. The van der Waals surface area contributed by atoms with Crippen molar-refractivity contribution in [2.45, 2.75) is 13.3 Å². The summed E-state index contributed by atoms with van der Waals surface area (Å²) in [6.45, 7) is 5.33. The van der Waals surface area contributed by atoms with Crippen molar-refractivity contribution in [2.75, 3.05) is 36.9 Å². The van der Waals surface area contributed by atoms with E-state index in [1.165, 1.54) is 0 Å². The van der Waals surface area contributed by atoms with E-state index in [0.717, 1.165) is 44.1 Å². The van der Waals surface area contributed by atoms with Crippen LogP contribution in [0.4, 0.5) is 11.6 Å². The normalized spacial score (nSPS) is 16.7. The van der Waals surface area contributed by atoms with Crippen molar-refractivity contribution >= 4 is 11.6 Å². The molecule has 5 nitrogen and oxygen atoms in total. The number of aromatic nitrogens is 2. The summed E-state index contributed by atoms with van der Waals surface area (Å²) < 4.78 is 5.29. The Labute approximate surface area is 89.2 Å². The fourth-order valence-electron chi connectivity index (χ4n) is 1.66. The van der Waals surface area contributed by atoms with Crippen LogP contribution in [0.2, 0.25) is 0 Å². The van der Waals surface area contributed by atoms with Crippen molar-refractivity contribution in [1.82, 2.24) is 10.2 Å². The molecule has 0 atom stereocenters. The predicted octanol–water partition coefficient (Wildman–Crippen LogP) is 0.458. The third kappa shape index (κ3) is 2.18. The summed E-state index contributed by atoms with van der Waals surface area (Å²) in [6.07, 6.45) is 0.888. The summed E-state index contributed by atoms with van der Waals surface area (Å²) in [5, 5.41) is 8.08. The van der Waals surface area contributed by atoms with Crippen LogP contribution in [0.15, 0.2) is 6.07 Å². The van der Waals surface area contributed by atoms with Crippen LogP contribution in [0.3, 0.4) is 0 Å². The van der Waals surface area contributed by atoms with Crippen LogP contribution in [-0.2, 0) is 11.2 Å². The quantitative estimate of drug-likeness (QED) is 0.764. The second kappa shape index (κ2) is 4.44. The zero-order valence-corrected chi connectivity index (χ0v) is 8.94. The molecular weight excluding hydrogens is 192 g/mol. The van der Waals surface area contributed by atoms with Gasteiger partial charge in [-0.25, -0.2) is 0 Å². The molecule has 0 amide bonds. The average molecular weight is 208 g/mol. The first-order valence-corrected chi connectivity index (χ1v) is 5.26. The molecule has 1 saturated heterocycles. The van der Waals surface area contributed by atoms with Crippen molar-refractivity contribution in [3.63, 3.8) is 0 Å². The minimum atomic E-state index is 0.537. The third-order valence-corrected chi connectivity index (χ3v) is 2.61. The van der Waals surface area contributed by atoms with Gasteiger partial charge in [0.25, 0.3) is 0 Å². The van der Waals surface area contributed by atoms with Gasteiger partial charge in [-0.1, -0.05) is 6.92 Å². The number of rotatable bonds is 2. The maximum Gasteiger partial charge on any atom is 0.151 e. The van der Waals surface area contributed by atoms with Crippen LogP contribution < -0.4 is 10.6 Å². The molecule has 1 fully saturated rings. The van der Waals surface area contributed by atoms with Crippen molar-refractivity contribution in [3.05, 3.63) is 11.6 Å². The molecule has 1 aliphatic rings. The van der Waals surface area contributed by atoms with Gasteiger partial charge in [-0.05, 0) is 18.1 Å². The second-order valence-electron chi connectivity index (χ2n) is 3.57. The highest BCUT2D eigenvalue weighted by Crippen LogP contribution is 2.17. The maximum atomic E-state index is 5.71. The molecule has 0 saturated carbocycles. The molecule has 5 heteroatoms. The van der Waals surface area contributed by atoms with E-state index in [9.17, 15) is 0 Å². The van der Waals surface area contributed by atoms with Gasteiger partial charge in [0.2, 0.25) is 0 Å². The zero-order chi connectivity index (χ0) is 10.7. The number of morpholine rings is 1. The van der Waals surface area contributed by atoms with Gasteiger partial charge in [-0.15, -0.1) is 10.2 Å². The molecule has 1 aliphatic heterocycles. The molecule has 0 unspecified atom stereocenters. The molecule has 2 heterocycles. The Kier molecular flexibility index (Phi) is 3.01.